The minimum absolute atomic E-state index is 0.338. The summed E-state index contributed by atoms with van der Waals surface area (Å²) in [4.78, 5) is 25.4. The van der Waals surface area contributed by atoms with Crippen LogP contribution >= 0.6 is 22.9 Å². The number of nitrogens with zero attached hydrogens (tertiary/aromatic N) is 1. The van der Waals surface area contributed by atoms with Crippen LogP contribution in [0.25, 0.3) is 10.1 Å². The summed E-state index contributed by atoms with van der Waals surface area (Å²) in [6.45, 7) is 2.30. The molecule has 0 fully saturated rings. The Kier molecular flexibility index (Phi) is 7.02. The molecule has 8 heteroatoms. The zero-order valence-electron chi connectivity index (χ0n) is 17.6. The van der Waals surface area contributed by atoms with Crippen molar-refractivity contribution in [3.8, 4) is 11.5 Å². The second-order valence-electron chi connectivity index (χ2n) is 6.83. The van der Waals surface area contributed by atoms with Crippen molar-refractivity contribution < 1.29 is 19.1 Å². The van der Waals surface area contributed by atoms with E-state index in [2.05, 4.69) is 10.5 Å². The number of thiophene rings is 1. The number of rotatable bonds is 7. The van der Waals surface area contributed by atoms with Crippen LogP contribution in [0.15, 0.2) is 77.9 Å². The summed E-state index contributed by atoms with van der Waals surface area (Å²) in [6.07, 6.45) is 1.46. The number of fused-ring (bicyclic) bond motifs is 1. The molecule has 0 saturated heterocycles. The number of para-hydroxylation sites is 1. The highest BCUT2D eigenvalue weighted by Gasteiger charge is 2.19. The number of nitrogens with one attached hydrogen (secondary N) is 1. The number of hydrazone groups is 1. The number of carbonyl (C=O) groups excluding carboxylic acids is 2. The first-order chi connectivity index (χ1) is 16.1. The lowest BCUT2D eigenvalue weighted by Crippen LogP contribution is -2.18. The average Bonchev–Trinajstić information content (AvgIpc) is 3.17. The van der Waals surface area contributed by atoms with E-state index in [-0.39, 0.29) is 0 Å². The third-order valence-corrected chi connectivity index (χ3v) is 6.26. The van der Waals surface area contributed by atoms with Gasteiger partial charge in [0.1, 0.15) is 16.4 Å². The summed E-state index contributed by atoms with van der Waals surface area (Å²) in [5.41, 5.74) is 3.51. The Morgan fingerprint density at radius 2 is 1.85 bits per heavy atom. The largest absolute Gasteiger partial charge is 0.493 e. The second-order valence-corrected chi connectivity index (χ2v) is 8.26. The third-order valence-electron chi connectivity index (χ3n) is 4.60. The van der Waals surface area contributed by atoms with Gasteiger partial charge in [-0.3, -0.25) is 4.79 Å². The van der Waals surface area contributed by atoms with Crippen LogP contribution in [0.3, 0.4) is 0 Å². The van der Waals surface area contributed by atoms with Gasteiger partial charge in [0.2, 0.25) is 0 Å². The van der Waals surface area contributed by atoms with Crippen molar-refractivity contribution in [1.29, 1.82) is 0 Å². The number of hydrogen-bond donors (Lipinski definition) is 1. The Balaban J connectivity index is 1.43. The Bertz CT molecular complexity index is 1350. The number of carbonyl (C=O) groups is 2. The molecule has 0 bridgehead atoms. The summed E-state index contributed by atoms with van der Waals surface area (Å²) in [5.74, 6) is -0.0968. The smallest absolute Gasteiger partial charge is 0.355 e. The fraction of sp³-hybridized carbons (Fsp3) is 0.0800. The number of hydrogen-bond acceptors (Lipinski definition) is 6. The summed E-state index contributed by atoms with van der Waals surface area (Å²) < 4.78 is 11.9. The van der Waals surface area contributed by atoms with Crippen molar-refractivity contribution in [3.05, 3.63) is 93.8 Å². The lowest BCUT2D eigenvalue weighted by atomic mass is 10.2. The molecule has 4 aromatic rings. The molecule has 1 N–H and O–H groups in total. The number of amides is 1. The monoisotopic (exact) mass is 478 g/mol. The summed E-state index contributed by atoms with van der Waals surface area (Å²) in [5, 5.41) is 5.20. The van der Waals surface area contributed by atoms with Crippen LogP contribution in [0.5, 0.6) is 11.5 Å². The van der Waals surface area contributed by atoms with Gasteiger partial charge in [0.15, 0.2) is 0 Å². The Hall–Kier alpha value is -3.68. The average molecular weight is 479 g/mol. The lowest BCUT2D eigenvalue weighted by Gasteiger charge is -2.08. The molecule has 33 heavy (non-hydrogen) atoms. The number of halogens is 1. The van der Waals surface area contributed by atoms with Crippen molar-refractivity contribution in [2.45, 2.75) is 6.92 Å². The van der Waals surface area contributed by atoms with Crippen LogP contribution in [0.1, 0.15) is 32.5 Å². The second kappa shape index (κ2) is 10.3. The molecule has 0 saturated carbocycles. The molecule has 166 valence electrons. The molecule has 0 unspecified atom stereocenters. The fourth-order valence-corrected chi connectivity index (χ4v) is 4.50. The van der Waals surface area contributed by atoms with E-state index in [0.717, 1.165) is 10.1 Å². The van der Waals surface area contributed by atoms with Gasteiger partial charge in [-0.1, -0.05) is 54.1 Å². The van der Waals surface area contributed by atoms with Gasteiger partial charge in [-0.15, -0.1) is 11.3 Å². The SMILES string of the molecule is CCOc1ccccc1C(=O)NN=Cc1cccc(OC(=O)c2sc3ccccc3c2Cl)c1. The van der Waals surface area contributed by atoms with Crippen LogP contribution in [0.2, 0.25) is 5.02 Å². The van der Waals surface area contributed by atoms with Crippen molar-refractivity contribution >= 4 is 51.1 Å². The van der Waals surface area contributed by atoms with Crippen LogP contribution in [0.4, 0.5) is 0 Å². The van der Waals surface area contributed by atoms with Crippen molar-refractivity contribution in [2.75, 3.05) is 6.61 Å². The van der Waals surface area contributed by atoms with Gasteiger partial charge in [0, 0.05) is 10.1 Å². The van der Waals surface area contributed by atoms with E-state index >= 15 is 0 Å². The first-order valence-corrected chi connectivity index (χ1v) is 11.3. The van der Waals surface area contributed by atoms with Gasteiger partial charge in [-0.25, -0.2) is 10.2 Å². The Labute approximate surface area is 199 Å². The standard InChI is InChI=1S/C25H19ClN2O4S/c1-2-31-20-12-5-3-10-18(20)24(29)28-27-15-16-8-7-9-17(14-16)32-25(30)23-22(26)19-11-4-6-13-21(19)33-23/h3-15H,2H2,1H3,(H,28,29). The first-order valence-electron chi connectivity index (χ1n) is 10.1. The number of esters is 1. The third kappa shape index (κ3) is 5.22. The molecule has 3 aromatic carbocycles. The molecule has 4 rings (SSSR count). The summed E-state index contributed by atoms with van der Waals surface area (Å²) in [6, 6.07) is 21.3. The highest BCUT2D eigenvalue weighted by atomic mass is 35.5. The van der Waals surface area contributed by atoms with Gasteiger partial charge in [0.05, 0.1) is 23.4 Å². The zero-order valence-corrected chi connectivity index (χ0v) is 19.2. The molecule has 1 heterocycles. The molecule has 6 nitrogen and oxygen atoms in total. The molecule has 0 atom stereocenters. The Morgan fingerprint density at radius 1 is 1.06 bits per heavy atom. The molecule has 1 aromatic heterocycles. The van der Waals surface area contributed by atoms with E-state index < -0.39 is 11.9 Å². The summed E-state index contributed by atoms with van der Waals surface area (Å²) in [7, 11) is 0. The maximum absolute atomic E-state index is 12.7. The van der Waals surface area contributed by atoms with Crippen molar-refractivity contribution in [2.24, 2.45) is 5.10 Å². The van der Waals surface area contributed by atoms with Gasteiger partial charge < -0.3 is 9.47 Å². The van der Waals surface area contributed by atoms with Gasteiger partial charge >= 0.3 is 5.97 Å². The molecule has 0 aliphatic carbocycles. The van der Waals surface area contributed by atoms with E-state index in [4.69, 9.17) is 21.1 Å². The lowest BCUT2D eigenvalue weighted by molar-refractivity contribution is 0.0739. The number of benzene rings is 3. The zero-order chi connectivity index (χ0) is 23.2. The summed E-state index contributed by atoms with van der Waals surface area (Å²) >= 11 is 7.65. The maximum atomic E-state index is 12.7. The minimum atomic E-state index is -0.531. The van der Waals surface area contributed by atoms with E-state index in [1.165, 1.54) is 17.6 Å². The van der Waals surface area contributed by atoms with E-state index in [1.807, 2.05) is 31.2 Å². The predicted octanol–water partition coefficient (Wildman–Crippen LogP) is 5.94. The predicted molar refractivity (Wildman–Crippen MR) is 131 cm³/mol. The van der Waals surface area contributed by atoms with Crippen molar-refractivity contribution in [1.82, 2.24) is 5.43 Å². The topological polar surface area (TPSA) is 77.0 Å². The first kappa shape index (κ1) is 22.5. The molecule has 1 amide bonds. The molecular weight excluding hydrogens is 460 g/mol. The molecular formula is C25H19ClN2O4S. The molecule has 0 aliphatic heterocycles. The number of ether oxygens (including phenoxy) is 2. The maximum Gasteiger partial charge on any atom is 0.355 e. The van der Waals surface area contributed by atoms with Gasteiger partial charge in [-0.05, 0) is 42.8 Å². The van der Waals surface area contributed by atoms with Crippen LogP contribution < -0.4 is 14.9 Å². The van der Waals surface area contributed by atoms with Crippen LogP contribution in [-0.4, -0.2) is 24.7 Å². The fourth-order valence-electron chi connectivity index (χ4n) is 3.12. The quantitative estimate of drug-likeness (QED) is 0.154. The van der Waals surface area contributed by atoms with Crippen LogP contribution in [0, 0.1) is 0 Å². The normalized spacial score (nSPS) is 11.0. The van der Waals surface area contributed by atoms with E-state index in [9.17, 15) is 9.59 Å². The molecule has 0 spiro atoms. The van der Waals surface area contributed by atoms with Crippen LogP contribution in [-0.2, 0) is 0 Å². The minimum Gasteiger partial charge on any atom is -0.493 e. The van der Waals surface area contributed by atoms with Crippen molar-refractivity contribution in [3.63, 3.8) is 0 Å². The molecule has 0 aliphatic rings. The van der Waals surface area contributed by atoms with Gasteiger partial charge in [-0.2, -0.15) is 5.10 Å². The highest BCUT2D eigenvalue weighted by Crippen LogP contribution is 2.35. The molecule has 0 radical (unpaired) electrons. The van der Waals surface area contributed by atoms with E-state index in [1.54, 1.807) is 48.5 Å². The van der Waals surface area contributed by atoms with Gasteiger partial charge in [0.25, 0.3) is 5.91 Å². The van der Waals surface area contributed by atoms with E-state index in [0.29, 0.717) is 39.1 Å². The highest BCUT2D eigenvalue weighted by molar-refractivity contribution is 7.21. The Morgan fingerprint density at radius 3 is 2.67 bits per heavy atom.